The molecule has 8 nitrogen and oxygen atoms in total. The Balaban J connectivity index is 1.63. The third-order valence-electron chi connectivity index (χ3n) is 5.76. The van der Waals surface area contributed by atoms with Crippen molar-refractivity contribution in [1.29, 1.82) is 0 Å². The SMILES string of the molecule is CC(C)CNC(=O)NS(=O)(=O)c1ccccc1NC(=O)c1ccc(C#Cc2ccccc2)cc1Nc1ccccc1. The summed E-state index contributed by atoms with van der Waals surface area (Å²) in [5.41, 5.74) is 3.09. The molecule has 0 saturated carbocycles. The zero-order valence-electron chi connectivity index (χ0n) is 22.6. The highest BCUT2D eigenvalue weighted by Crippen LogP contribution is 2.26. The van der Waals surface area contributed by atoms with E-state index in [0.717, 1.165) is 11.3 Å². The fraction of sp³-hybridized carbons (Fsp3) is 0.125. The number of para-hydroxylation sites is 2. The van der Waals surface area contributed by atoms with Gasteiger partial charge in [0.2, 0.25) is 0 Å². The summed E-state index contributed by atoms with van der Waals surface area (Å²) in [6.07, 6.45) is 0. The highest BCUT2D eigenvalue weighted by atomic mass is 32.2. The van der Waals surface area contributed by atoms with E-state index >= 15 is 0 Å². The van der Waals surface area contributed by atoms with E-state index in [9.17, 15) is 18.0 Å². The Labute approximate surface area is 240 Å². The Kier molecular flexibility index (Phi) is 9.40. The third-order valence-corrected chi connectivity index (χ3v) is 7.15. The maximum Gasteiger partial charge on any atom is 0.328 e. The van der Waals surface area contributed by atoms with Gasteiger partial charge in [-0.25, -0.2) is 17.9 Å². The first-order chi connectivity index (χ1) is 19.7. The number of anilines is 3. The van der Waals surface area contributed by atoms with Crippen LogP contribution in [0.4, 0.5) is 21.9 Å². The topological polar surface area (TPSA) is 116 Å². The number of benzene rings is 4. The van der Waals surface area contributed by atoms with Gasteiger partial charge in [-0.15, -0.1) is 0 Å². The summed E-state index contributed by atoms with van der Waals surface area (Å²) in [5, 5.41) is 8.47. The Morgan fingerprint density at radius 2 is 1.39 bits per heavy atom. The van der Waals surface area contributed by atoms with Crippen molar-refractivity contribution in [2.45, 2.75) is 18.7 Å². The molecule has 9 heteroatoms. The lowest BCUT2D eigenvalue weighted by molar-refractivity contribution is 0.102. The van der Waals surface area contributed by atoms with Gasteiger partial charge in [-0.05, 0) is 60.5 Å². The zero-order valence-corrected chi connectivity index (χ0v) is 23.5. The molecule has 0 radical (unpaired) electrons. The lowest BCUT2D eigenvalue weighted by Crippen LogP contribution is -2.41. The monoisotopic (exact) mass is 566 g/mol. The molecule has 0 bridgehead atoms. The van der Waals surface area contributed by atoms with Crippen LogP contribution in [0.25, 0.3) is 0 Å². The van der Waals surface area contributed by atoms with E-state index in [0.29, 0.717) is 17.8 Å². The van der Waals surface area contributed by atoms with Gasteiger partial charge in [0.05, 0.1) is 16.9 Å². The van der Waals surface area contributed by atoms with E-state index in [2.05, 4.69) is 27.8 Å². The van der Waals surface area contributed by atoms with Crippen molar-refractivity contribution < 1.29 is 18.0 Å². The van der Waals surface area contributed by atoms with Gasteiger partial charge in [-0.3, -0.25) is 4.79 Å². The first kappa shape index (κ1) is 28.9. The van der Waals surface area contributed by atoms with E-state index in [1.807, 2.05) is 79.2 Å². The fourth-order valence-electron chi connectivity index (χ4n) is 3.77. The Hall–Kier alpha value is -5.07. The van der Waals surface area contributed by atoms with Gasteiger partial charge in [0.1, 0.15) is 4.90 Å². The van der Waals surface area contributed by atoms with Crippen molar-refractivity contribution in [3.05, 3.63) is 120 Å². The fourth-order valence-corrected chi connectivity index (χ4v) is 4.86. The molecular weight excluding hydrogens is 536 g/mol. The van der Waals surface area contributed by atoms with E-state index in [-0.39, 0.29) is 22.1 Å². The molecule has 0 saturated heterocycles. The summed E-state index contributed by atoms with van der Waals surface area (Å²) in [4.78, 5) is 25.5. The molecule has 4 aromatic carbocycles. The van der Waals surface area contributed by atoms with E-state index in [1.165, 1.54) is 18.2 Å². The van der Waals surface area contributed by atoms with Crippen LogP contribution in [0.5, 0.6) is 0 Å². The maximum absolute atomic E-state index is 13.5. The maximum atomic E-state index is 13.5. The number of sulfonamides is 1. The lowest BCUT2D eigenvalue weighted by Gasteiger charge is -2.16. The second-order valence-corrected chi connectivity index (χ2v) is 11.2. The molecule has 41 heavy (non-hydrogen) atoms. The molecule has 208 valence electrons. The quantitative estimate of drug-likeness (QED) is 0.203. The van der Waals surface area contributed by atoms with Crippen molar-refractivity contribution in [2.24, 2.45) is 5.92 Å². The average molecular weight is 567 g/mol. The molecule has 4 aromatic rings. The van der Waals surface area contributed by atoms with Crippen molar-refractivity contribution in [3.63, 3.8) is 0 Å². The number of nitrogens with one attached hydrogen (secondary N) is 4. The van der Waals surface area contributed by atoms with Crippen molar-refractivity contribution in [1.82, 2.24) is 10.0 Å². The van der Waals surface area contributed by atoms with Crippen LogP contribution >= 0.6 is 0 Å². The lowest BCUT2D eigenvalue weighted by atomic mass is 10.1. The van der Waals surface area contributed by atoms with E-state index in [4.69, 9.17) is 0 Å². The Morgan fingerprint density at radius 1 is 0.756 bits per heavy atom. The summed E-state index contributed by atoms with van der Waals surface area (Å²) >= 11 is 0. The first-order valence-electron chi connectivity index (χ1n) is 13.0. The minimum atomic E-state index is -4.28. The standard InChI is InChI=1S/C32H30N4O4S/c1-23(2)22-33-32(38)36-41(39,40)30-16-10-9-15-28(30)35-31(37)27-20-19-25(18-17-24-11-5-3-6-12-24)21-29(27)34-26-13-7-4-8-14-26/h3-16,19-21,23,34H,22H2,1-2H3,(H,35,37)(H2,33,36,38). The normalized spacial score (nSPS) is 10.7. The van der Waals surface area contributed by atoms with Crippen molar-refractivity contribution >= 4 is 39.0 Å². The van der Waals surface area contributed by atoms with Crippen LogP contribution in [0.3, 0.4) is 0 Å². The van der Waals surface area contributed by atoms with E-state index < -0.39 is 22.0 Å². The number of rotatable bonds is 8. The molecule has 0 aliphatic heterocycles. The number of hydrogen-bond acceptors (Lipinski definition) is 5. The predicted octanol–water partition coefficient (Wildman–Crippen LogP) is 5.73. The molecule has 3 amide bonds. The molecule has 0 unspecified atom stereocenters. The number of amides is 3. The average Bonchev–Trinajstić information content (AvgIpc) is 2.96. The highest BCUT2D eigenvalue weighted by molar-refractivity contribution is 7.90. The molecule has 0 aliphatic rings. The van der Waals surface area contributed by atoms with Gasteiger partial charge in [0, 0.05) is 23.4 Å². The van der Waals surface area contributed by atoms with Gasteiger partial charge >= 0.3 is 6.03 Å². The zero-order chi connectivity index (χ0) is 29.2. The summed E-state index contributed by atoms with van der Waals surface area (Å²) < 4.78 is 28.0. The molecule has 0 atom stereocenters. The molecule has 0 heterocycles. The minimum Gasteiger partial charge on any atom is -0.355 e. The predicted molar refractivity (Wildman–Crippen MR) is 162 cm³/mol. The first-order valence-corrected chi connectivity index (χ1v) is 14.4. The van der Waals surface area contributed by atoms with E-state index in [1.54, 1.807) is 24.3 Å². The number of hydrogen-bond donors (Lipinski definition) is 4. The van der Waals surface area contributed by atoms with Crippen LogP contribution in [-0.2, 0) is 10.0 Å². The van der Waals surface area contributed by atoms with Crippen LogP contribution < -0.4 is 20.7 Å². The van der Waals surface area contributed by atoms with Crippen LogP contribution in [-0.4, -0.2) is 26.9 Å². The molecular formula is C32H30N4O4S. The van der Waals surface area contributed by atoms with Gasteiger partial charge in [-0.2, -0.15) is 0 Å². The molecule has 0 aromatic heterocycles. The van der Waals surface area contributed by atoms with Crippen LogP contribution in [0.2, 0.25) is 0 Å². The van der Waals surface area contributed by atoms with Gasteiger partial charge in [0.25, 0.3) is 15.9 Å². The van der Waals surface area contributed by atoms with Crippen LogP contribution in [0, 0.1) is 17.8 Å². The van der Waals surface area contributed by atoms with Crippen LogP contribution in [0.1, 0.15) is 35.3 Å². The minimum absolute atomic E-state index is 0.0280. The number of carbonyl (C=O) groups is 2. The Bertz CT molecular complexity index is 1690. The Morgan fingerprint density at radius 3 is 2.10 bits per heavy atom. The summed E-state index contributed by atoms with van der Waals surface area (Å²) in [6, 6.07) is 29.1. The summed E-state index contributed by atoms with van der Waals surface area (Å²) in [6.45, 7) is 4.09. The largest absolute Gasteiger partial charge is 0.355 e. The van der Waals surface area contributed by atoms with Crippen LogP contribution in [0.15, 0.2) is 108 Å². The number of urea groups is 1. The van der Waals surface area contributed by atoms with Gasteiger partial charge < -0.3 is 16.0 Å². The molecule has 4 rings (SSSR count). The smallest absolute Gasteiger partial charge is 0.328 e. The molecule has 0 fully saturated rings. The molecule has 0 spiro atoms. The molecule has 4 N–H and O–H groups in total. The van der Waals surface area contributed by atoms with Gasteiger partial charge in [0.15, 0.2) is 0 Å². The second-order valence-electron chi connectivity index (χ2n) is 9.53. The summed E-state index contributed by atoms with van der Waals surface area (Å²) in [7, 11) is -4.28. The summed E-state index contributed by atoms with van der Waals surface area (Å²) in [5.74, 6) is 5.83. The third kappa shape index (κ3) is 8.21. The van der Waals surface area contributed by atoms with Gasteiger partial charge in [-0.1, -0.05) is 74.2 Å². The molecule has 0 aliphatic carbocycles. The van der Waals surface area contributed by atoms with Crippen molar-refractivity contribution in [3.8, 4) is 11.8 Å². The number of carbonyl (C=O) groups excluding carboxylic acids is 2. The highest BCUT2D eigenvalue weighted by Gasteiger charge is 2.23. The van der Waals surface area contributed by atoms with Crippen molar-refractivity contribution in [2.75, 3.05) is 17.2 Å². The second kappa shape index (κ2) is 13.3.